The van der Waals surface area contributed by atoms with Crippen molar-refractivity contribution in [2.45, 2.75) is 18.3 Å². The molecule has 112 valence electrons. The summed E-state index contributed by atoms with van der Waals surface area (Å²) < 4.78 is 64.3. The monoisotopic (exact) mass is 390 g/mol. The maximum absolute atomic E-state index is 12.9. The Kier molecular flexibility index (Phi) is 5.03. The molecule has 3 N–H and O–H groups in total. The van der Waals surface area contributed by atoms with Crippen LogP contribution in [0, 0.1) is 0 Å². The normalized spacial score (nSPS) is 13.8. The molecule has 0 amide bonds. The predicted octanol–water partition coefficient (Wildman–Crippen LogP) is 2.88. The SMILES string of the molecule is CC(C(N)=S)S(=O)(=O)Nc1ccc(Br)cc1C(F)(F)F. The number of anilines is 1. The number of benzene rings is 1. The van der Waals surface area contributed by atoms with E-state index in [9.17, 15) is 21.6 Å². The van der Waals surface area contributed by atoms with Gasteiger partial charge in [0.1, 0.15) is 5.25 Å². The van der Waals surface area contributed by atoms with E-state index in [4.69, 9.17) is 5.73 Å². The Morgan fingerprint density at radius 1 is 1.45 bits per heavy atom. The summed E-state index contributed by atoms with van der Waals surface area (Å²) in [6.45, 7) is 1.19. The molecule has 1 rings (SSSR count). The predicted molar refractivity (Wildman–Crippen MR) is 77.9 cm³/mol. The van der Waals surface area contributed by atoms with Crippen LogP contribution in [0.4, 0.5) is 18.9 Å². The van der Waals surface area contributed by atoms with Crippen molar-refractivity contribution in [3.05, 3.63) is 28.2 Å². The summed E-state index contributed by atoms with van der Waals surface area (Å²) in [6.07, 6.45) is -4.70. The molecule has 0 fully saturated rings. The molecular weight excluding hydrogens is 381 g/mol. The van der Waals surface area contributed by atoms with Gasteiger partial charge in [-0.1, -0.05) is 28.1 Å². The molecule has 0 aliphatic heterocycles. The third kappa shape index (κ3) is 4.06. The van der Waals surface area contributed by atoms with Gasteiger partial charge in [-0.05, 0) is 25.1 Å². The standard InChI is InChI=1S/C10H10BrF3N2O2S2/c1-5(9(15)19)20(17,18)16-8-3-2-6(11)4-7(8)10(12,13)14/h2-5,16H,1H3,(H2,15,19). The highest BCUT2D eigenvalue weighted by Gasteiger charge is 2.35. The minimum Gasteiger partial charge on any atom is -0.392 e. The second kappa shape index (κ2) is 5.86. The number of hydrogen-bond donors (Lipinski definition) is 2. The molecule has 0 aromatic heterocycles. The van der Waals surface area contributed by atoms with E-state index in [1.165, 1.54) is 13.0 Å². The van der Waals surface area contributed by atoms with Crippen molar-refractivity contribution in [2.24, 2.45) is 5.73 Å². The summed E-state index contributed by atoms with van der Waals surface area (Å²) in [5.41, 5.74) is 3.52. The van der Waals surface area contributed by atoms with Crippen LogP contribution < -0.4 is 10.5 Å². The molecule has 4 nitrogen and oxygen atoms in total. The minimum absolute atomic E-state index is 0.176. The van der Waals surface area contributed by atoms with E-state index < -0.39 is 32.7 Å². The average molecular weight is 391 g/mol. The maximum Gasteiger partial charge on any atom is 0.418 e. The van der Waals surface area contributed by atoms with Crippen LogP contribution in [-0.4, -0.2) is 18.7 Å². The topological polar surface area (TPSA) is 72.2 Å². The third-order valence-electron chi connectivity index (χ3n) is 2.41. The zero-order valence-corrected chi connectivity index (χ0v) is 13.3. The van der Waals surface area contributed by atoms with Gasteiger partial charge in [-0.15, -0.1) is 0 Å². The van der Waals surface area contributed by atoms with Crippen LogP contribution >= 0.6 is 28.1 Å². The molecule has 1 aromatic rings. The number of nitrogens with two attached hydrogens (primary N) is 1. The summed E-state index contributed by atoms with van der Waals surface area (Å²) in [6, 6.07) is 3.08. The number of nitrogens with one attached hydrogen (secondary N) is 1. The second-order valence-corrected chi connectivity index (χ2v) is 7.27. The van der Waals surface area contributed by atoms with Gasteiger partial charge in [0.15, 0.2) is 0 Å². The fraction of sp³-hybridized carbons (Fsp3) is 0.300. The Labute approximate surface area is 127 Å². The van der Waals surface area contributed by atoms with E-state index in [1.807, 2.05) is 4.72 Å². The lowest BCUT2D eigenvalue weighted by molar-refractivity contribution is -0.136. The highest BCUT2D eigenvalue weighted by molar-refractivity contribution is 9.10. The van der Waals surface area contributed by atoms with Gasteiger partial charge in [0.25, 0.3) is 0 Å². The summed E-state index contributed by atoms with van der Waals surface area (Å²) in [4.78, 5) is -0.330. The van der Waals surface area contributed by atoms with Gasteiger partial charge in [-0.25, -0.2) is 8.42 Å². The summed E-state index contributed by atoms with van der Waals surface area (Å²) in [7, 11) is -4.14. The van der Waals surface area contributed by atoms with Gasteiger partial charge in [0.05, 0.1) is 16.2 Å². The van der Waals surface area contributed by atoms with E-state index in [1.54, 1.807) is 0 Å². The minimum atomic E-state index is -4.70. The Morgan fingerprint density at radius 3 is 2.45 bits per heavy atom. The molecule has 0 saturated heterocycles. The Morgan fingerprint density at radius 2 is 2.00 bits per heavy atom. The van der Waals surface area contributed by atoms with E-state index in [2.05, 4.69) is 28.1 Å². The first-order chi connectivity index (χ1) is 8.95. The van der Waals surface area contributed by atoms with Crippen LogP contribution in [0.2, 0.25) is 0 Å². The van der Waals surface area contributed by atoms with Crippen molar-refractivity contribution >= 4 is 48.8 Å². The molecule has 0 aliphatic rings. The highest BCUT2D eigenvalue weighted by Crippen LogP contribution is 2.37. The Bertz CT molecular complexity index is 632. The number of rotatable bonds is 4. The van der Waals surface area contributed by atoms with Crippen LogP contribution in [-0.2, 0) is 16.2 Å². The molecule has 0 spiro atoms. The molecule has 1 unspecified atom stereocenters. The highest BCUT2D eigenvalue weighted by atomic mass is 79.9. The molecule has 1 aromatic carbocycles. The van der Waals surface area contributed by atoms with Crippen LogP contribution in [0.25, 0.3) is 0 Å². The van der Waals surface area contributed by atoms with Crippen molar-refractivity contribution in [3.63, 3.8) is 0 Å². The molecule has 10 heteroatoms. The molecule has 0 aliphatic carbocycles. The van der Waals surface area contributed by atoms with Gasteiger partial charge in [-0.3, -0.25) is 4.72 Å². The van der Waals surface area contributed by atoms with E-state index in [0.717, 1.165) is 12.1 Å². The van der Waals surface area contributed by atoms with Crippen molar-refractivity contribution in [2.75, 3.05) is 4.72 Å². The van der Waals surface area contributed by atoms with Gasteiger partial charge >= 0.3 is 6.18 Å². The zero-order valence-electron chi connectivity index (χ0n) is 10.0. The van der Waals surface area contributed by atoms with E-state index in [-0.39, 0.29) is 9.46 Å². The average Bonchev–Trinajstić information content (AvgIpc) is 2.28. The number of alkyl halides is 3. The summed E-state index contributed by atoms with van der Waals surface area (Å²) in [5, 5.41) is -1.29. The number of sulfonamides is 1. The van der Waals surface area contributed by atoms with Crippen LogP contribution in [0.5, 0.6) is 0 Å². The largest absolute Gasteiger partial charge is 0.418 e. The van der Waals surface area contributed by atoms with Crippen molar-refractivity contribution in [1.29, 1.82) is 0 Å². The lowest BCUT2D eigenvalue weighted by Gasteiger charge is -2.17. The van der Waals surface area contributed by atoms with Crippen LogP contribution in [0.3, 0.4) is 0 Å². The van der Waals surface area contributed by atoms with Crippen molar-refractivity contribution in [1.82, 2.24) is 0 Å². The Balaban J connectivity index is 3.26. The van der Waals surface area contributed by atoms with Gasteiger partial charge in [0, 0.05) is 4.47 Å². The molecule has 0 saturated carbocycles. The molecule has 0 radical (unpaired) electrons. The van der Waals surface area contributed by atoms with E-state index >= 15 is 0 Å². The Hall–Kier alpha value is -0.870. The van der Waals surface area contributed by atoms with Gasteiger partial charge in [-0.2, -0.15) is 13.2 Å². The zero-order chi connectivity index (χ0) is 15.7. The summed E-state index contributed by atoms with van der Waals surface area (Å²) >= 11 is 7.44. The van der Waals surface area contributed by atoms with Crippen molar-refractivity contribution < 1.29 is 21.6 Å². The molecule has 0 heterocycles. The van der Waals surface area contributed by atoms with Crippen LogP contribution in [0.1, 0.15) is 12.5 Å². The lowest BCUT2D eigenvalue weighted by atomic mass is 10.2. The smallest absolute Gasteiger partial charge is 0.392 e. The fourth-order valence-corrected chi connectivity index (χ4v) is 2.94. The summed E-state index contributed by atoms with van der Waals surface area (Å²) in [5.74, 6) is 0. The van der Waals surface area contributed by atoms with Crippen LogP contribution in [0.15, 0.2) is 22.7 Å². The first kappa shape index (κ1) is 17.2. The molecule has 1 atom stereocenters. The van der Waals surface area contributed by atoms with E-state index in [0.29, 0.717) is 0 Å². The fourth-order valence-electron chi connectivity index (χ4n) is 1.23. The first-order valence-electron chi connectivity index (χ1n) is 5.13. The first-order valence-corrected chi connectivity index (χ1v) is 7.87. The maximum atomic E-state index is 12.9. The number of thiocarbonyl (C=S) groups is 1. The number of hydrogen-bond acceptors (Lipinski definition) is 3. The molecule has 0 bridgehead atoms. The van der Waals surface area contributed by atoms with Crippen molar-refractivity contribution in [3.8, 4) is 0 Å². The molecule has 20 heavy (non-hydrogen) atoms. The quantitative estimate of drug-likeness (QED) is 0.775. The second-order valence-electron chi connectivity index (χ2n) is 3.88. The van der Waals surface area contributed by atoms with Gasteiger partial charge < -0.3 is 5.73 Å². The third-order valence-corrected chi connectivity index (χ3v) is 5.09. The lowest BCUT2D eigenvalue weighted by Crippen LogP contribution is -2.36. The van der Waals surface area contributed by atoms with Gasteiger partial charge in [0.2, 0.25) is 10.0 Å². The molecular formula is C10H10BrF3N2O2S2. The number of halogens is 4.